The quantitative estimate of drug-likeness (QED) is 0.706. The SMILES string of the molecule is CCCN(CCO)Cc1cc(N)ccc1OC. The highest BCUT2D eigenvalue weighted by Crippen LogP contribution is 2.22. The number of anilines is 1. The summed E-state index contributed by atoms with van der Waals surface area (Å²) in [6.07, 6.45) is 1.06. The monoisotopic (exact) mass is 238 g/mol. The first-order valence-corrected chi connectivity index (χ1v) is 5.96. The second kappa shape index (κ2) is 7.14. The smallest absolute Gasteiger partial charge is 0.123 e. The van der Waals surface area contributed by atoms with Crippen LogP contribution in [-0.4, -0.2) is 36.8 Å². The fourth-order valence-electron chi connectivity index (χ4n) is 1.89. The molecule has 0 radical (unpaired) electrons. The number of hydrogen-bond acceptors (Lipinski definition) is 4. The van der Waals surface area contributed by atoms with Gasteiger partial charge in [-0.3, -0.25) is 4.90 Å². The predicted octanol–water partition coefficient (Wildman–Crippen LogP) is 1.48. The number of nitrogens with two attached hydrogens (primary N) is 1. The molecule has 17 heavy (non-hydrogen) atoms. The number of ether oxygens (including phenoxy) is 1. The lowest BCUT2D eigenvalue weighted by Gasteiger charge is -2.22. The molecule has 1 aromatic rings. The van der Waals surface area contributed by atoms with Crippen molar-refractivity contribution < 1.29 is 9.84 Å². The average molecular weight is 238 g/mol. The molecule has 4 nitrogen and oxygen atoms in total. The molecule has 1 rings (SSSR count). The molecule has 0 atom stereocenters. The molecule has 0 spiro atoms. The van der Waals surface area contributed by atoms with Crippen LogP contribution in [0.2, 0.25) is 0 Å². The van der Waals surface area contributed by atoms with E-state index < -0.39 is 0 Å². The Kier molecular flexibility index (Phi) is 5.80. The maximum absolute atomic E-state index is 9.02. The van der Waals surface area contributed by atoms with Gasteiger partial charge >= 0.3 is 0 Å². The molecule has 3 N–H and O–H groups in total. The Labute approximate surface area is 103 Å². The van der Waals surface area contributed by atoms with Gasteiger partial charge in [-0.25, -0.2) is 0 Å². The minimum atomic E-state index is 0.171. The van der Waals surface area contributed by atoms with Gasteiger partial charge in [0, 0.05) is 24.3 Å². The summed E-state index contributed by atoms with van der Waals surface area (Å²) in [7, 11) is 1.66. The summed E-state index contributed by atoms with van der Waals surface area (Å²) >= 11 is 0. The first-order valence-electron chi connectivity index (χ1n) is 5.96. The van der Waals surface area contributed by atoms with Gasteiger partial charge in [0.25, 0.3) is 0 Å². The summed E-state index contributed by atoms with van der Waals surface area (Å²) in [4.78, 5) is 2.19. The molecule has 0 unspecified atom stereocenters. The van der Waals surface area contributed by atoms with Crippen molar-refractivity contribution in [3.63, 3.8) is 0 Å². The maximum atomic E-state index is 9.02. The number of nitrogen functional groups attached to an aromatic ring is 1. The Bertz CT molecular complexity index is 336. The van der Waals surface area contributed by atoms with Crippen molar-refractivity contribution in [3.05, 3.63) is 23.8 Å². The van der Waals surface area contributed by atoms with Crippen molar-refractivity contribution in [2.24, 2.45) is 0 Å². The van der Waals surface area contributed by atoms with Gasteiger partial charge in [0.2, 0.25) is 0 Å². The average Bonchev–Trinajstić information content (AvgIpc) is 2.30. The van der Waals surface area contributed by atoms with Crippen LogP contribution in [0.15, 0.2) is 18.2 Å². The number of rotatable bonds is 7. The number of hydrogen-bond donors (Lipinski definition) is 2. The molecule has 0 saturated carbocycles. The third kappa shape index (κ3) is 4.24. The van der Waals surface area contributed by atoms with E-state index in [4.69, 9.17) is 15.6 Å². The van der Waals surface area contributed by atoms with Gasteiger partial charge in [-0.05, 0) is 31.2 Å². The van der Waals surface area contributed by atoms with Gasteiger partial charge in [0.05, 0.1) is 13.7 Å². The van der Waals surface area contributed by atoms with Gasteiger partial charge in [0.15, 0.2) is 0 Å². The largest absolute Gasteiger partial charge is 0.496 e. The summed E-state index contributed by atoms with van der Waals surface area (Å²) < 4.78 is 5.31. The van der Waals surface area contributed by atoms with Crippen molar-refractivity contribution in [1.82, 2.24) is 4.90 Å². The predicted molar refractivity (Wildman–Crippen MR) is 70.1 cm³/mol. The highest BCUT2D eigenvalue weighted by Gasteiger charge is 2.09. The second-order valence-electron chi connectivity index (χ2n) is 4.07. The topological polar surface area (TPSA) is 58.7 Å². The van der Waals surface area contributed by atoms with E-state index >= 15 is 0 Å². The maximum Gasteiger partial charge on any atom is 0.123 e. The molecule has 0 amide bonds. The molecule has 0 saturated heterocycles. The van der Waals surface area contributed by atoms with Crippen molar-refractivity contribution in [2.75, 3.05) is 32.5 Å². The Balaban J connectivity index is 2.79. The highest BCUT2D eigenvalue weighted by molar-refractivity contribution is 5.47. The standard InChI is InChI=1S/C13H22N2O2/c1-3-6-15(7-8-16)10-11-9-12(14)4-5-13(11)17-2/h4-5,9,16H,3,6-8,10,14H2,1-2H3. The van der Waals surface area contributed by atoms with Crippen LogP contribution in [0.3, 0.4) is 0 Å². The number of nitrogens with zero attached hydrogens (tertiary/aromatic N) is 1. The van der Waals surface area contributed by atoms with E-state index in [0.717, 1.165) is 36.5 Å². The fraction of sp³-hybridized carbons (Fsp3) is 0.538. The molecule has 96 valence electrons. The van der Waals surface area contributed by atoms with Crippen molar-refractivity contribution in [2.45, 2.75) is 19.9 Å². The minimum absolute atomic E-state index is 0.171. The summed E-state index contributed by atoms with van der Waals surface area (Å²) in [5.41, 5.74) is 7.58. The van der Waals surface area contributed by atoms with E-state index in [1.807, 2.05) is 18.2 Å². The second-order valence-corrected chi connectivity index (χ2v) is 4.07. The molecule has 0 aliphatic carbocycles. The normalized spacial score (nSPS) is 10.8. The molecule has 0 aliphatic rings. The molecule has 0 fully saturated rings. The minimum Gasteiger partial charge on any atom is -0.496 e. The van der Waals surface area contributed by atoms with E-state index in [1.165, 1.54) is 0 Å². The van der Waals surface area contributed by atoms with Crippen LogP contribution in [0, 0.1) is 0 Å². The lowest BCUT2D eigenvalue weighted by molar-refractivity contribution is 0.189. The number of methoxy groups -OCH3 is 1. The Morgan fingerprint density at radius 1 is 1.35 bits per heavy atom. The van der Waals surface area contributed by atoms with E-state index in [1.54, 1.807) is 7.11 Å². The number of aliphatic hydroxyl groups is 1. The zero-order valence-corrected chi connectivity index (χ0v) is 10.6. The van der Waals surface area contributed by atoms with Crippen LogP contribution < -0.4 is 10.5 Å². The highest BCUT2D eigenvalue weighted by atomic mass is 16.5. The summed E-state index contributed by atoms with van der Waals surface area (Å²) in [5, 5.41) is 9.02. The molecular formula is C13H22N2O2. The van der Waals surface area contributed by atoms with Crippen molar-refractivity contribution in [1.29, 1.82) is 0 Å². The fourth-order valence-corrected chi connectivity index (χ4v) is 1.89. The van der Waals surface area contributed by atoms with Crippen LogP contribution in [0.25, 0.3) is 0 Å². The van der Waals surface area contributed by atoms with Crippen LogP contribution in [0.1, 0.15) is 18.9 Å². The summed E-state index contributed by atoms with van der Waals surface area (Å²) in [6, 6.07) is 5.64. The first-order chi connectivity index (χ1) is 8.21. The lowest BCUT2D eigenvalue weighted by atomic mass is 10.1. The van der Waals surface area contributed by atoms with E-state index in [-0.39, 0.29) is 6.61 Å². The molecule has 0 aliphatic heterocycles. The van der Waals surface area contributed by atoms with Crippen LogP contribution in [0.5, 0.6) is 5.75 Å². The van der Waals surface area contributed by atoms with Crippen LogP contribution >= 0.6 is 0 Å². The van der Waals surface area contributed by atoms with E-state index in [0.29, 0.717) is 6.54 Å². The van der Waals surface area contributed by atoms with Crippen molar-refractivity contribution in [3.8, 4) is 5.75 Å². The Hall–Kier alpha value is -1.26. The lowest BCUT2D eigenvalue weighted by Crippen LogP contribution is -2.27. The number of benzene rings is 1. The van der Waals surface area contributed by atoms with Gasteiger partial charge in [-0.15, -0.1) is 0 Å². The van der Waals surface area contributed by atoms with Gasteiger partial charge in [-0.1, -0.05) is 6.92 Å². The molecule has 1 aromatic carbocycles. The van der Waals surface area contributed by atoms with Gasteiger partial charge in [-0.2, -0.15) is 0 Å². The van der Waals surface area contributed by atoms with Crippen LogP contribution in [-0.2, 0) is 6.54 Å². The Morgan fingerprint density at radius 2 is 2.12 bits per heavy atom. The van der Waals surface area contributed by atoms with E-state index in [2.05, 4.69) is 11.8 Å². The zero-order chi connectivity index (χ0) is 12.7. The van der Waals surface area contributed by atoms with Gasteiger partial charge < -0.3 is 15.6 Å². The summed E-state index contributed by atoms with van der Waals surface area (Å²) in [5.74, 6) is 0.846. The molecule has 4 heteroatoms. The molecule has 0 aromatic heterocycles. The number of aliphatic hydroxyl groups excluding tert-OH is 1. The molecule has 0 heterocycles. The molecular weight excluding hydrogens is 216 g/mol. The van der Waals surface area contributed by atoms with Gasteiger partial charge in [0.1, 0.15) is 5.75 Å². The summed E-state index contributed by atoms with van der Waals surface area (Å²) in [6.45, 7) is 4.68. The third-order valence-electron chi connectivity index (χ3n) is 2.65. The third-order valence-corrected chi connectivity index (χ3v) is 2.65. The zero-order valence-electron chi connectivity index (χ0n) is 10.6. The molecule has 0 bridgehead atoms. The van der Waals surface area contributed by atoms with Crippen LogP contribution in [0.4, 0.5) is 5.69 Å². The van der Waals surface area contributed by atoms with E-state index in [9.17, 15) is 0 Å². The Morgan fingerprint density at radius 3 is 2.71 bits per heavy atom. The first kappa shape index (κ1) is 13.8. The van der Waals surface area contributed by atoms with Crippen molar-refractivity contribution >= 4 is 5.69 Å².